The van der Waals surface area contributed by atoms with Gasteiger partial charge in [-0.25, -0.2) is 4.79 Å². The van der Waals surface area contributed by atoms with Crippen LogP contribution in [0.4, 0.5) is 10.6 Å². The van der Waals surface area contributed by atoms with Gasteiger partial charge in [0.15, 0.2) is 5.82 Å². The highest BCUT2D eigenvalue weighted by Gasteiger charge is 2.24. The van der Waals surface area contributed by atoms with Gasteiger partial charge in [0.2, 0.25) is 5.91 Å². The molecule has 36 heavy (non-hydrogen) atoms. The molecule has 0 atom stereocenters. The van der Waals surface area contributed by atoms with Gasteiger partial charge in [0.25, 0.3) is 0 Å². The minimum atomic E-state index is -0.202. The van der Waals surface area contributed by atoms with Gasteiger partial charge in [0.05, 0.1) is 5.69 Å². The van der Waals surface area contributed by atoms with Gasteiger partial charge in [0.1, 0.15) is 6.54 Å². The molecule has 8 nitrogen and oxygen atoms in total. The van der Waals surface area contributed by atoms with E-state index in [4.69, 9.17) is 0 Å². The molecule has 1 fully saturated rings. The Labute approximate surface area is 212 Å². The SMILES string of the molecule is CCNC(=O)N(CCc1ccccc1)CC(=O)N1CCCN(c2ccc(-c3ccccc3)nn2)CC1. The number of aromatic nitrogens is 2. The van der Waals surface area contributed by atoms with Crippen LogP contribution in [-0.4, -0.2) is 77.7 Å². The number of carbonyl (C=O) groups is 2. The lowest BCUT2D eigenvalue weighted by Gasteiger charge is -2.27. The first-order valence-corrected chi connectivity index (χ1v) is 12.6. The fourth-order valence-corrected chi connectivity index (χ4v) is 4.34. The lowest BCUT2D eigenvalue weighted by atomic mass is 10.1. The summed E-state index contributed by atoms with van der Waals surface area (Å²) in [5, 5.41) is 11.7. The molecule has 0 radical (unpaired) electrons. The predicted molar refractivity (Wildman–Crippen MR) is 142 cm³/mol. The molecule has 3 aromatic rings. The molecule has 8 heteroatoms. The highest BCUT2D eigenvalue weighted by molar-refractivity contribution is 5.84. The fourth-order valence-electron chi connectivity index (χ4n) is 4.34. The third kappa shape index (κ3) is 6.81. The van der Waals surface area contributed by atoms with Gasteiger partial charge < -0.3 is 20.0 Å². The summed E-state index contributed by atoms with van der Waals surface area (Å²) in [5.41, 5.74) is 3.02. The zero-order valence-corrected chi connectivity index (χ0v) is 20.8. The Hall–Kier alpha value is -3.94. The molecule has 1 N–H and O–H groups in total. The summed E-state index contributed by atoms with van der Waals surface area (Å²) in [4.78, 5) is 31.5. The van der Waals surface area contributed by atoms with Crippen molar-refractivity contribution in [1.82, 2.24) is 25.3 Å². The molecule has 1 saturated heterocycles. The monoisotopic (exact) mass is 486 g/mol. The number of carbonyl (C=O) groups excluding carboxylic acids is 2. The van der Waals surface area contributed by atoms with Crippen LogP contribution in [0.15, 0.2) is 72.8 Å². The number of hydrogen-bond donors (Lipinski definition) is 1. The largest absolute Gasteiger partial charge is 0.353 e. The average molecular weight is 487 g/mol. The molecule has 1 aliphatic rings. The van der Waals surface area contributed by atoms with Crippen molar-refractivity contribution in [3.05, 3.63) is 78.4 Å². The summed E-state index contributed by atoms with van der Waals surface area (Å²) < 4.78 is 0. The molecule has 0 aliphatic carbocycles. The first kappa shape index (κ1) is 25.2. The average Bonchev–Trinajstić information content (AvgIpc) is 3.19. The first-order chi connectivity index (χ1) is 17.6. The molecule has 1 aliphatic heterocycles. The summed E-state index contributed by atoms with van der Waals surface area (Å²) in [6.45, 7) is 5.70. The number of amides is 3. The molecule has 188 valence electrons. The number of hydrogen-bond acceptors (Lipinski definition) is 5. The van der Waals surface area contributed by atoms with E-state index in [1.165, 1.54) is 0 Å². The van der Waals surface area contributed by atoms with Crippen molar-refractivity contribution in [3.63, 3.8) is 0 Å². The van der Waals surface area contributed by atoms with Gasteiger partial charge in [-0.05, 0) is 37.5 Å². The van der Waals surface area contributed by atoms with E-state index in [2.05, 4.69) is 20.4 Å². The van der Waals surface area contributed by atoms with Crippen LogP contribution < -0.4 is 10.2 Å². The second-order valence-electron chi connectivity index (χ2n) is 8.86. The second-order valence-corrected chi connectivity index (χ2v) is 8.86. The normalized spacial score (nSPS) is 13.7. The molecule has 0 bridgehead atoms. The third-order valence-electron chi connectivity index (χ3n) is 6.35. The number of rotatable bonds is 8. The van der Waals surface area contributed by atoms with Crippen molar-refractivity contribution in [1.29, 1.82) is 0 Å². The van der Waals surface area contributed by atoms with Crippen molar-refractivity contribution in [2.75, 3.05) is 50.7 Å². The molecular formula is C28H34N6O2. The lowest BCUT2D eigenvalue weighted by Crippen LogP contribution is -2.48. The summed E-state index contributed by atoms with van der Waals surface area (Å²) >= 11 is 0. The van der Waals surface area contributed by atoms with Crippen LogP contribution >= 0.6 is 0 Å². The van der Waals surface area contributed by atoms with Crippen LogP contribution in [0.2, 0.25) is 0 Å². The van der Waals surface area contributed by atoms with E-state index in [9.17, 15) is 9.59 Å². The Morgan fingerprint density at radius 1 is 0.889 bits per heavy atom. The van der Waals surface area contributed by atoms with Gasteiger partial charge in [0, 0.05) is 44.8 Å². The van der Waals surface area contributed by atoms with Gasteiger partial charge in [-0.2, -0.15) is 0 Å². The van der Waals surface area contributed by atoms with Crippen molar-refractivity contribution in [3.8, 4) is 11.3 Å². The highest BCUT2D eigenvalue weighted by atomic mass is 16.2. The molecule has 3 amide bonds. The molecule has 0 unspecified atom stereocenters. The molecule has 4 rings (SSSR count). The lowest BCUT2D eigenvalue weighted by molar-refractivity contribution is -0.131. The van der Waals surface area contributed by atoms with Crippen LogP contribution in [0, 0.1) is 0 Å². The number of urea groups is 1. The molecule has 0 saturated carbocycles. The predicted octanol–water partition coefficient (Wildman–Crippen LogP) is 3.46. The minimum Gasteiger partial charge on any atom is -0.353 e. The quantitative estimate of drug-likeness (QED) is 0.527. The van der Waals surface area contributed by atoms with E-state index in [0.717, 1.165) is 35.6 Å². The molecule has 2 aromatic carbocycles. The standard InChI is InChI=1S/C28H34N6O2/c1-2-29-28(36)34(19-16-23-10-5-3-6-11-23)22-27(35)33-18-9-17-32(20-21-33)26-15-14-25(30-31-26)24-12-7-4-8-13-24/h3-8,10-15H,2,9,16-22H2,1H3,(H,29,36). The zero-order valence-electron chi connectivity index (χ0n) is 20.8. The van der Waals surface area contributed by atoms with Crippen LogP contribution in [-0.2, 0) is 11.2 Å². The molecule has 0 spiro atoms. The van der Waals surface area contributed by atoms with Gasteiger partial charge in [-0.15, -0.1) is 10.2 Å². The summed E-state index contributed by atoms with van der Waals surface area (Å²) in [5.74, 6) is 0.789. The van der Waals surface area contributed by atoms with Crippen LogP contribution in [0.1, 0.15) is 18.9 Å². The summed E-state index contributed by atoms with van der Waals surface area (Å²) in [6.07, 6.45) is 1.54. The van der Waals surface area contributed by atoms with Crippen LogP contribution in [0.5, 0.6) is 0 Å². The van der Waals surface area contributed by atoms with E-state index >= 15 is 0 Å². The van der Waals surface area contributed by atoms with Gasteiger partial charge in [-0.1, -0.05) is 60.7 Å². The minimum absolute atomic E-state index is 0.0262. The number of nitrogens with one attached hydrogen (secondary N) is 1. The Kier molecular flexibility index (Phi) is 8.86. The van der Waals surface area contributed by atoms with Crippen molar-refractivity contribution in [2.45, 2.75) is 19.8 Å². The van der Waals surface area contributed by atoms with Crippen molar-refractivity contribution < 1.29 is 9.59 Å². The highest BCUT2D eigenvalue weighted by Crippen LogP contribution is 2.19. The second kappa shape index (κ2) is 12.7. The smallest absolute Gasteiger partial charge is 0.317 e. The number of benzene rings is 2. The van der Waals surface area contributed by atoms with Gasteiger partial charge >= 0.3 is 6.03 Å². The van der Waals surface area contributed by atoms with Crippen molar-refractivity contribution in [2.24, 2.45) is 0 Å². The number of anilines is 1. The van der Waals surface area contributed by atoms with E-state index in [1.807, 2.05) is 84.6 Å². The van der Waals surface area contributed by atoms with Crippen molar-refractivity contribution >= 4 is 17.8 Å². The maximum absolute atomic E-state index is 13.2. The Bertz CT molecular complexity index is 1110. The summed E-state index contributed by atoms with van der Waals surface area (Å²) in [7, 11) is 0. The third-order valence-corrected chi connectivity index (χ3v) is 6.35. The fraction of sp³-hybridized carbons (Fsp3) is 0.357. The van der Waals surface area contributed by atoms with Gasteiger partial charge in [-0.3, -0.25) is 4.79 Å². The van der Waals surface area contributed by atoms with E-state index in [0.29, 0.717) is 39.1 Å². The van der Waals surface area contributed by atoms with E-state index in [-0.39, 0.29) is 18.5 Å². The molecule has 2 heterocycles. The Morgan fingerprint density at radius 2 is 1.64 bits per heavy atom. The molecular weight excluding hydrogens is 452 g/mol. The van der Waals surface area contributed by atoms with Crippen LogP contribution in [0.25, 0.3) is 11.3 Å². The maximum Gasteiger partial charge on any atom is 0.317 e. The number of nitrogens with zero attached hydrogens (tertiary/aromatic N) is 5. The Balaban J connectivity index is 1.34. The molecule has 1 aromatic heterocycles. The van der Waals surface area contributed by atoms with Crippen LogP contribution in [0.3, 0.4) is 0 Å². The van der Waals surface area contributed by atoms with E-state index in [1.54, 1.807) is 4.90 Å². The zero-order chi connectivity index (χ0) is 25.2. The topological polar surface area (TPSA) is 81.7 Å². The maximum atomic E-state index is 13.2. The Morgan fingerprint density at radius 3 is 2.33 bits per heavy atom. The van der Waals surface area contributed by atoms with E-state index < -0.39 is 0 Å². The summed E-state index contributed by atoms with van der Waals surface area (Å²) in [6, 6.07) is 23.8. The first-order valence-electron chi connectivity index (χ1n) is 12.6.